The second-order valence-corrected chi connectivity index (χ2v) is 9.16. The highest BCUT2D eigenvalue weighted by molar-refractivity contribution is 7.89. The van der Waals surface area contributed by atoms with E-state index in [1.165, 1.54) is 4.31 Å². The second-order valence-electron chi connectivity index (χ2n) is 6.91. The van der Waals surface area contributed by atoms with E-state index in [0.717, 1.165) is 11.3 Å². The summed E-state index contributed by atoms with van der Waals surface area (Å²) >= 11 is 0. The highest BCUT2D eigenvalue weighted by Crippen LogP contribution is 2.25. The summed E-state index contributed by atoms with van der Waals surface area (Å²) in [5.41, 5.74) is 1.16. The molecule has 1 heterocycles. The molecule has 1 aliphatic heterocycles. The third-order valence-electron chi connectivity index (χ3n) is 4.78. The number of ether oxygens (including phenoxy) is 1. The Morgan fingerprint density at radius 2 is 1.92 bits per heavy atom. The molecule has 1 amide bonds. The average molecular weight is 383 g/mol. The highest BCUT2D eigenvalue weighted by Gasteiger charge is 2.29. The van der Waals surface area contributed by atoms with Gasteiger partial charge in [-0.25, -0.2) is 12.7 Å². The quantitative estimate of drug-likeness (QED) is 0.701. The van der Waals surface area contributed by atoms with Crippen LogP contribution in [0.15, 0.2) is 24.3 Å². The molecule has 146 valence electrons. The van der Waals surface area contributed by atoms with Crippen LogP contribution in [0.3, 0.4) is 0 Å². The number of hydrogen-bond acceptors (Lipinski definition) is 4. The minimum absolute atomic E-state index is 0.0145. The molecule has 0 aliphatic carbocycles. The van der Waals surface area contributed by atoms with Gasteiger partial charge in [-0.1, -0.05) is 32.0 Å². The van der Waals surface area contributed by atoms with E-state index in [1.807, 2.05) is 18.2 Å². The monoisotopic (exact) mass is 382 g/mol. The predicted molar refractivity (Wildman–Crippen MR) is 103 cm³/mol. The second kappa shape index (κ2) is 9.37. The van der Waals surface area contributed by atoms with Gasteiger partial charge in [0.25, 0.3) is 0 Å². The first kappa shape index (κ1) is 20.7. The standard InChI is InChI=1S/C19H30N2O4S/c1-4-26(23,24)21-12-9-16(10-13-21)19(22)20-11-14-25-18-8-6-5-7-17(18)15(2)3/h5-8,15-16H,4,9-14H2,1-3H3,(H,20,22). The molecule has 1 fully saturated rings. The van der Waals surface area contributed by atoms with Crippen LogP contribution in [0.2, 0.25) is 0 Å². The Labute approximate surface area is 157 Å². The van der Waals surface area contributed by atoms with Crippen LogP contribution in [0.5, 0.6) is 5.75 Å². The number of nitrogens with zero attached hydrogens (tertiary/aromatic N) is 1. The molecule has 0 radical (unpaired) electrons. The topological polar surface area (TPSA) is 75.7 Å². The van der Waals surface area contributed by atoms with Crippen LogP contribution in [-0.4, -0.2) is 50.6 Å². The Morgan fingerprint density at radius 3 is 2.54 bits per heavy atom. The van der Waals surface area contributed by atoms with Crippen LogP contribution >= 0.6 is 0 Å². The van der Waals surface area contributed by atoms with E-state index in [1.54, 1.807) is 6.92 Å². The number of benzene rings is 1. The summed E-state index contributed by atoms with van der Waals surface area (Å²) in [6.07, 6.45) is 1.14. The number of para-hydroxylation sites is 1. The highest BCUT2D eigenvalue weighted by atomic mass is 32.2. The summed E-state index contributed by atoms with van der Waals surface area (Å²) < 4.78 is 31.0. The molecule has 0 atom stereocenters. The van der Waals surface area contributed by atoms with Crippen molar-refractivity contribution in [1.29, 1.82) is 0 Å². The fourth-order valence-corrected chi connectivity index (χ4v) is 4.28. The molecule has 0 bridgehead atoms. The van der Waals surface area contributed by atoms with Gasteiger partial charge in [0.15, 0.2) is 0 Å². The Kier molecular flexibility index (Phi) is 7.46. The van der Waals surface area contributed by atoms with E-state index >= 15 is 0 Å². The lowest BCUT2D eigenvalue weighted by molar-refractivity contribution is -0.126. The summed E-state index contributed by atoms with van der Waals surface area (Å²) in [6, 6.07) is 7.94. The fraction of sp³-hybridized carbons (Fsp3) is 0.632. The molecule has 7 heteroatoms. The van der Waals surface area contributed by atoms with E-state index in [-0.39, 0.29) is 17.6 Å². The summed E-state index contributed by atoms with van der Waals surface area (Å²) in [5, 5.41) is 2.91. The third kappa shape index (κ3) is 5.45. The SMILES string of the molecule is CCS(=O)(=O)N1CCC(C(=O)NCCOc2ccccc2C(C)C)CC1. The van der Waals surface area contributed by atoms with Gasteiger partial charge in [0.05, 0.1) is 12.3 Å². The molecule has 26 heavy (non-hydrogen) atoms. The fourth-order valence-electron chi connectivity index (χ4n) is 3.15. The maximum atomic E-state index is 12.3. The molecule has 1 aromatic carbocycles. The number of amides is 1. The first-order valence-corrected chi connectivity index (χ1v) is 10.9. The van der Waals surface area contributed by atoms with Crippen LogP contribution < -0.4 is 10.1 Å². The van der Waals surface area contributed by atoms with Gasteiger partial charge in [-0.3, -0.25) is 4.79 Å². The average Bonchev–Trinajstić information content (AvgIpc) is 2.65. The van der Waals surface area contributed by atoms with Crippen LogP contribution in [0.25, 0.3) is 0 Å². The van der Waals surface area contributed by atoms with E-state index in [9.17, 15) is 13.2 Å². The van der Waals surface area contributed by atoms with E-state index in [2.05, 4.69) is 25.2 Å². The lowest BCUT2D eigenvalue weighted by Crippen LogP contribution is -2.44. The van der Waals surface area contributed by atoms with Gasteiger partial charge in [0.1, 0.15) is 12.4 Å². The molecule has 2 rings (SSSR count). The lowest BCUT2D eigenvalue weighted by Gasteiger charge is -2.30. The Hall–Kier alpha value is -1.60. The van der Waals surface area contributed by atoms with Gasteiger partial charge in [0, 0.05) is 19.0 Å². The molecule has 1 N–H and O–H groups in total. The van der Waals surface area contributed by atoms with E-state index < -0.39 is 10.0 Å². The summed E-state index contributed by atoms with van der Waals surface area (Å²) in [5.74, 6) is 1.21. The van der Waals surface area contributed by atoms with Gasteiger partial charge >= 0.3 is 0 Å². The van der Waals surface area contributed by atoms with Crippen molar-refractivity contribution in [2.24, 2.45) is 5.92 Å². The minimum atomic E-state index is -3.15. The van der Waals surface area contributed by atoms with Crippen molar-refractivity contribution < 1.29 is 17.9 Å². The molecular formula is C19H30N2O4S. The van der Waals surface area contributed by atoms with E-state index in [0.29, 0.717) is 45.0 Å². The molecule has 6 nitrogen and oxygen atoms in total. The predicted octanol–water partition coefficient (Wildman–Crippen LogP) is 2.37. The van der Waals surface area contributed by atoms with Crippen LogP contribution in [0, 0.1) is 5.92 Å². The van der Waals surface area contributed by atoms with Gasteiger partial charge in [-0.15, -0.1) is 0 Å². The largest absolute Gasteiger partial charge is 0.491 e. The molecule has 0 unspecified atom stereocenters. The zero-order valence-electron chi connectivity index (χ0n) is 15.9. The summed E-state index contributed by atoms with van der Waals surface area (Å²) in [4.78, 5) is 12.3. The number of carbonyl (C=O) groups is 1. The van der Waals surface area contributed by atoms with Crippen LogP contribution in [0.1, 0.15) is 45.1 Å². The number of carbonyl (C=O) groups excluding carboxylic acids is 1. The number of hydrogen-bond donors (Lipinski definition) is 1. The Balaban J connectivity index is 1.73. The first-order chi connectivity index (χ1) is 12.3. The summed E-state index contributed by atoms with van der Waals surface area (Å²) in [7, 11) is -3.15. The molecule has 0 saturated carbocycles. The zero-order chi connectivity index (χ0) is 19.2. The molecular weight excluding hydrogens is 352 g/mol. The lowest BCUT2D eigenvalue weighted by atomic mass is 9.97. The van der Waals surface area contributed by atoms with Gasteiger partial charge in [-0.05, 0) is 37.3 Å². The minimum Gasteiger partial charge on any atom is -0.491 e. The van der Waals surface area contributed by atoms with Crippen LogP contribution in [-0.2, 0) is 14.8 Å². The van der Waals surface area contributed by atoms with Crippen molar-refractivity contribution in [1.82, 2.24) is 9.62 Å². The van der Waals surface area contributed by atoms with Crippen molar-refractivity contribution in [2.45, 2.75) is 39.5 Å². The zero-order valence-corrected chi connectivity index (χ0v) is 16.7. The van der Waals surface area contributed by atoms with Gasteiger partial charge < -0.3 is 10.1 Å². The maximum absolute atomic E-state index is 12.3. The van der Waals surface area contributed by atoms with Gasteiger partial charge in [0.2, 0.25) is 15.9 Å². The van der Waals surface area contributed by atoms with Gasteiger partial charge in [-0.2, -0.15) is 0 Å². The molecule has 1 aromatic rings. The Morgan fingerprint density at radius 1 is 1.27 bits per heavy atom. The Bertz CT molecular complexity index is 695. The number of rotatable bonds is 8. The number of sulfonamides is 1. The first-order valence-electron chi connectivity index (χ1n) is 9.32. The van der Waals surface area contributed by atoms with Crippen molar-refractivity contribution in [3.63, 3.8) is 0 Å². The van der Waals surface area contributed by atoms with Crippen molar-refractivity contribution in [3.8, 4) is 5.75 Å². The molecule has 1 saturated heterocycles. The normalized spacial score (nSPS) is 16.6. The van der Waals surface area contributed by atoms with E-state index in [4.69, 9.17) is 4.74 Å². The number of piperidine rings is 1. The summed E-state index contributed by atoms with van der Waals surface area (Å²) in [6.45, 7) is 7.59. The third-order valence-corrected chi connectivity index (χ3v) is 6.66. The van der Waals surface area contributed by atoms with Crippen LogP contribution in [0.4, 0.5) is 0 Å². The van der Waals surface area contributed by atoms with Crippen molar-refractivity contribution in [3.05, 3.63) is 29.8 Å². The molecule has 1 aliphatic rings. The maximum Gasteiger partial charge on any atom is 0.223 e. The number of nitrogens with one attached hydrogen (secondary N) is 1. The molecule has 0 aromatic heterocycles. The van der Waals surface area contributed by atoms with Crippen molar-refractivity contribution >= 4 is 15.9 Å². The van der Waals surface area contributed by atoms with Crippen molar-refractivity contribution in [2.75, 3.05) is 32.0 Å². The smallest absolute Gasteiger partial charge is 0.223 e. The molecule has 0 spiro atoms.